The van der Waals surface area contributed by atoms with E-state index >= 15 is 0 Å². The van der Waals surface area contributed by atoms with Crippen LogP contribution in [-0.2, 0) is 6.42 Å². The van der Waals surface area contributed by atoms with Crippen LogP contribution in [0.2, 0.25) is 0 Å². The first kappa shape index (κ1) is 10.0. The van der Waals surface area contributed by atoms with Gasteiger partial charge in [0.2, 0.25) is 0 Å². The van der Waals surface area contributed by atoms with Gasteiger partial charge in [0.1, 0.15) is 0 Å². The molecule has 1 aromatic carbocycles. The van der Waals surface area contributed by atoms with Gasteiger partial charge in [0.25, 0.3) is 0 Å². The van der Waals surface area contributed by atoms with Crippen molar-refractivity contribution in [1.29, 1.82) is 5.26 Å². The third-order valence-corrected chi connectivity index (χ3v) is 3.10. The lowest BCUT2D eigenvalue weighted by atomic mass is 10.1. The van der Waals surface area contributed by atoms with E-state index in [1.54, 1.807) is 0 Å². The van der Waals surface area contributed by atoms with Crippen LogP contribution in [0, 0.1) is 17.2 Å². The van der Waals surface area contributed by atoms with E-state index in [-0.39, 0.29) is 5.92 Å². The minimum atomic E-state index is 0.163. The molecular formula is C13H16N2. The molecule has 1 unspecified atom stereocenters. The van der Waals surface area contributed by atoms with E-state index in [0.29, 0.717) is 0 Å². The fourth-order valence-corrected chi connectivity index (χ4v) is 2.12. The van der Waals surface area contributed by atoms with Gasteiger partial charge in [-0.2, -0.15) is 5.26 Å². The molecule has 2 heteroatoms. The summed E-state index contributed by atoms with van der Waals surface area (Å²) in [5, 5.41) is 8.96. The molecule has 78 valence electrons. The Labute approximate surface area is 91.1 Å². The molecule has 1 aliphatic heterocycles. The topological polar surface area (TPSA) is 27.0 Å². The summed E-state index contributed by atoms with van der Waals surface area (Å²) in [4.78, 5) is 2.34. The summed E-state index contributed by atoms with van der Waals surface area (Å²) in [7, 11) is 0. The van der Waals surface area contributed by atoms with Crippen molar-refractivity contribution in [3.05, 3.63) is 29.8 Å². The second-order valence-electron chi connectivity index (χ2n) is 4.06. The number of nitrogens with zero attached hydrogens (tertiary/aromatic N) is 2. The molecule has 0 radical (unpaired) electrons. The molecule has 0 amide bonds. The molecule has 2 nitrogen and oxygen atoms in total. The van der Waals surface area contributed by atoms with Gasteiger partial charge in [-0.3, -0.25) is 0 Å². The normalized spacial score (nSPS) is 15.9. The van der Waals surface area contributed by atoms with Gasteiger partial charge in [0.15, 0.2) is 0 Å². The van der Waals surface area contributed by atoms with Crippen molar-refractivity contribution in [3.63, 3.8) is 0 Å². The van der Waals surface area contributed by atoms with Gasteiger partial charge < -0.3 is 4.90 Å². The second kappa shape index (κ2) is 4.35. The highest BCUT2D eigenvalue weighted by Crippen LogP contribution is 2.28. The minimum Gasteiger partial charge on any atom is -0.370 e. The average Bonchev–Trinajstić information content (AvgIpc) is 2.69. The molecule has 0 aliphatic carbocycles. The first-order valence-electron chi connectivity index (χ1n) is 5.57. The zero-order valence-electron chi connectivity index (χ0n) is 9.11. The number of hydrogen-bond acceptors (Lipinski definition) is 2. The third-order valence-electron chi connectivity index (χ3n) is 3.10. The van der Waals surface area contributed by atoms with Crippen LogP contribution in [0.15, 0.2) is 24.3 Å². The van der Waals surface area contributed by atoms with E-state index in [2.05, 4.69) is 42.2 Å². The number of nitriles is 1. The van der Waals surface area contributed by atoms with E-state index < -0.39 is 0 Å². The van der Waals surface area contributed by atoms with Crippen molar-refractivity contribution in [3.8, 4) is 6.07 Å². The molecule has 0 saturated carbocycles. The number of fused-ring (bicyclic) bond motifs is 1. The summed E-state index contributed by atoms with van der Waals surface area (Å²) in [6, 6.07) is 10.9. The molecule has 0 N–H and O–H groups in total. The van der Waals surface area contributed by atoms with E-state index in [9.17, 15) is 0 Å². The minimum absolute atomic E-state index is 0.163. The molecule has 1 atom stereocenters. The smallest absolute Gasteiger partial charge is 0.0674 e. The monoisotopic (exact) mass is 200 g/mol. The molecule has 1 heterocycles. The number of rotatable bonds is 3. The van der Waals surface area contributed by atoms with Crippen molar-refractivity contribution in [2.45, 2.75) is 19.8 Å². The quantitative estimate of drug-likeness (QED) is 0.750. The maximum atomic E-state index is 8.96. The molecule has 2 rings (SSSR count). The van der Waals surface area contributed by atoms with E-state index in [0.717, 1.165) is 25.9 Å². The zero-order chi connectivity index (χ0) is 10.7. The highest BCUT2D eigenvalue weighted by atomic mass is 15.1. The van der Waals surface area contributed by atoms with Crippen molar-refractivity contribution in [2.24, 2.45) is 5.92 Å². The summed E-state index contributed by atoms with van der Waals surface area (Å²) >= 11 is 0. The molecule has 0 saturated heterocycles. The standard InChI is InChI=1S/C13H16N2/c1-2-11(9-14)10-15-8-7-12-5-3-4-6-13(12)15/h3-6,11H,2,7-8,10H2,1H3. The summed E-state index contributed by atoms with van der Waals surface area (Å²) in [5.74, 6) is 0.163. The maximum absolute atomic E-state index is 8.96. The summed E-state index contributed by atoms with van der Waals surface area (Å²) < 4.78 is 0. The Balaban J connectivity index is 2.11. The second-order valence-corrected chi connectivity index (χ2v) is 4.06. The van der Waals surface area contributed by atoms with Crippen LogP contribution in [0.3, 0.4) is 0 Å². The van der Waals surface area contributed by atoms with Crippen molar-refractivity contribution < 1.29 is 0 Å². The van der Waals surface area contributed by atoms with Crippen molar-refractivity contribution >= 4 is 5.69 Å². The predicted molar refractivity (Wildman–Crippen MR) is 61.8 cm³/mol. The van der Waals surface area contributed by atoms with Crippen LogP contribution in [0.1, 0.15) is 18.9 Å². The number of benzene rings is 1. The molecule has 1 aliphatic rings. The lowest BCUT2D eigenvalue weighted by Gasteiger charge is -2.21. The van der Waals surface area contributed by atoms with Gasteiger partial charge in [0, 0.05) is 18.8 Å². The third kappa shape index (κ3) is 1.97. The van der Waals surface area contributed by atoms with Gasteiger partial charge in [0.05, 0.1) is 12.0 Å². The average molecular weight is 200 g/mol. The Morgan fingerprint density at radius 1 is 1.47 bits per heavy atom. The molecular weight excluding hydrogens is 184 g/mol. The van der Waals surface area contributed by atoms with Gasteiger partial charge in [-0.1, -0.05) is 25.1 Å². The van der Waals surface area contributed by atoms with Crippen LogP contribution < -0.4 is 4.90 Å². The number of hydrogen-bond donors (Lipinski definition) is 0. The SMILES string of the molecule is CCC(C#N)CN1CCc2ccccc21. The molecule has 0 spiro atoms. The summed E-state index contributed by atoms with van der Waals surface area (Å²) in [5.41, 5.74) is 2.75. The molecule has 15 heavy (non-hydrogen) atoms. The van der Waals surface area contributed by atoms with Crippen LogP contribution in [0.25, 0.3) is 0 Å². The summed E-state index contributed by atoms with van der Waals surface area (Å²) in [6.45, 7) is 4.03. The first-order valence-corrected chi connectivity index (χ1v) is 5.57. The van der Waals surface area contributed by atoms with Gasteiger partial charge in [-0.25, -0.2) is 0 Å². The van der Waals surface area contributed by atoms with Crippen LogP contribution >= 0.6 is 0 Å². The van der Waals surface area contributed by atoms with Gasteiger partial charge in [-0.15, -0.1) is 0 Å². The summed E-state index contributed by atoms with van der Waals surface area (Å²) in [6.07, 6.45) is 2.06. The van der Waals surface area contributed by atoms with Crippen LogP contribution in [0.4, 0.5) is 5.69 Å². The lowest BCUT2D eigenvalue weighted by Crippen LogP contribution is -2.26. The highest BCUT2D eigenvalue weighted by Gasteiger charge is 2.20. The Morgan fingerprint density at radius 2 is 2.27 bits per heavy atom. The predicted octanol–water partition coefficient (Wildman–Crippen LogP) is 2.60. The van der Waals surface area contributed by atoms with Crippen molar-refractivity contribution in [1.82, 2.24) is 0 Å². The number of anilines is 1. The molecule has 0 bridgehead atoms. The fraction of sp³-hybridized carbons (Fsp3) is 0.462. The highest BCUT2D eigenvalue weighted by molar-refractivity contribution is 5.57. The zero-order valence-corrected chi connectivity index (χ0v) is 9.11. The fourth-order valence-electron chi connectivity index (χ4n) is 2.12. The number of para-hydroxylation sites is 1. The lowest BCUT2D eigenvalue weighted by molar-refractivity contribution is 0.617. The van der Waals surface area contributed by atoms with Crippen LogP contribution in [-0.4, -0.2) is 13.1 Å². The first-order chi connectivity index (χ1) is 7.35. The molecule has 1 aromatic rings. The Hall–Kier alpha value is -1.49. The Morgan fingerprint density at radius 3 is 3.00 bits per heavy atom. The molecule has 0 fully saturated rings. The van der Waals surface area contributed by atoms with E-state index in [1.165, 1.54) is 11.3 Å². The Bertz CT molecular complexity index is 378. The van der Waals surface area contributed by atoms with E-state index in [1.807, 2.05) is 0 Å². The Kier molecular flexibility index (Phi) is 2.91. The largest absolute Gasteiger partial charge is 0.370 e. The molecule has 0 aromatic heterocycles. The van der Waals surface area contributed by atoms with E-state index in [4.69, 9.17) is 5.26 Å². The maximum Gasteiger partial charge on any atom is 0.0674 e. The van der Waals surface area contributed by atoms with Crippen LogP contribution in [0.5, 0.6) is 0 Å². The van der Waals surface area contributed by atoms with Gasteiger partial charge in [-0.05, 0) is 24.5 Å². The van der Waals surface area contributed by atoms with Gasteiger partial charge >= 0.3 is 0 Å². The van der Waals surface area contributed by atoms with Crippen molar-refractivity contribution in [2.75, 3.05) is 18.0 Å².